The lowest BCUT2D eigenvalue weighted by Gasteiger charge is -2.19. The number of aryl methyl sites for hydroxylation is 2. The van der Waals surface area contributed by atoms with Crippen LogP contribution in [0.15, 0.2) is 39.9 Å². The van der Waals surface area contributed by atoms with E-state index >= 15 is 0 Å². The summed E-state index contributed by atoms with van der Waals surface area (Å²) in [6.07, 6.45) is 3.73. The van der Waals surface area contributed by atoms with Crippen LogP contribution in [0.2, 0.25) is 0 Å². The molecule has 4 rings (SSSR count). The number of nitrogens with zero attached hydrogens (tertiary/aromatic N) is 4. The van der Waals surface area contributed by atoms with Crippen molar-refractivity contribution in [3.05, 3.63) is 47.8 Å². The van der Waals surface area contributed by atoms with Crippen LogP contribution in [0.25, 0.3) is 22.2 Å². The third-order valence-corrected chi connectivity index (χ3v) is 4.01. The van der Waals surface area contributed by atoms with Crippen molar-refractivity contribution in [3.63, 3.8) is 0 Å². The summed E-state index contributed by atoms with van der Waals surface area (Å²) in [5, 5.41) is 12.3. The van der Waals surface area contributed by atoms with E-state index in [9.17, 15) is 0 Å². The zero-order valence-electron chi connectivity index (χ0n) is 12.6. The van der Waals surface area contributed by atoms with E-state index in [4.69, 9.17) is 16.0 Å². The van der Waals surface area contributed by atoms with Gasteiger partial charge >= 0.3 is 0 Å². The summed E-state index contributed by atoms with van der Waals surface area (Å²) in [6.45, 7) is 1.76. The van der Waals surface area contributed by atoms with Gasteiger partial charge in [-0.2, -0.15) is 0 Å². The van der Waals surface area contributed by atoms with Crippen LogP contribution < -0.4 is 5.32 Å². The standard InChI is InChI=1S/C16H14ClN5O/c1-9-20-21-15(23-9)11-7-18-16(17)19-14(11)12-8-22(2)13-6-4-3-5-10(12)13/h3-8,16,19H,1-2H3. The van der Waals surface area contributed by atoms with Crippen LogP contribution in [-0.2, 0) is 7.05 Å². The number of nitrogens with one attached hydrogen (secondary N) is 1. The Morgan fingerprint density at radius 3 is 2.87 bits per heavy atom. The molecule has 0 spiro atoms. The third-order valence-electron chi connectivity index (χ3n) is 3.79. The van der Waals surface area contributed by atoms with E-state index in [-0.39, 0.29) is 0 Å². The van der Waals surface area contributed by atoms with Gasteiger partial charge < -0.3 is 14.3 Å². The molecule has 1 aromatic carbocycles. The molecule has 0 saturated heterocycles. The molecule has 0 saturated carbocycles. The largest absolute Gasteiger partial charge is 0.421 e. The molecule has 3 heterocycles. The van der Waals surface area contributed by atoms with E-state index in [1.54, 1.807) is 13.1 Å². The normalized spacial score (nSPS) is 17.8. The lowest BCUT2D eigenvalue weighted by Crippen LogP contribution is -2.25. The molecule has 2 aromatic heterocycles. The number of alkyl halides is 1. The molecule has 1 unspecified atom stereocenters. The Balaban J connectivity index is 1.98. The first kappa shape index (κ1) is 14.0. The molecule has 3 aromatic rings. The van der Waals surface area contributed by atoms with Gasteiger partial charge in [-0.1, -0.05) is 29.8 Å². The molecule has 23 heavy (non-hydrogen) atoms. The number of aliphatic imine (C=N–C) groups is 1. The van der Waals surface area contributed by atoms with Gasteiger partial charge in [-0.15, -0.1) is 10.2 Å². The van der Waals surface area contributed by atoms with Crippen molar-refractivity contribution in [1.29, 1.82) is 0 Å². The summed E-state index contributed by atoms with van der Waals surface area (Å²) in [5.41, 5.74) is 3.19. The summed E-state index contributed by atoms with van der Waals surface area (Å²) >= 11 is 6.16. The Morgan fingerprint density at radius 1 is 1.26 bits per heavy atom. The van der Waals surface area contributed by atoms with E-state index in [2.05, 4.69) is 43.4 Å². The maximum absolute atomic E-state index is 6.16. The Hall–Kier alpha value is -2.60. The van der Waals surface area contributed by atoms with Gasteiger partial charge in [-0.3, -0.25) is 4.99 Å². The third kappa shape index (κ3) is 2.31. The second-order valence-corrected chi connectivity index (χ2v) is 5.76. The fourth-order valence-electron chi connectivity index (χ4n) is 2.77. The van der Waals surface area contributed by atoms with E-state index in [1.807, 2.05) is 19.2 Å². The van der Waals surface area contributed by atoms with Crippen molar-refractivity contribution in [2.75, 3.05) is 0 Å². The van der Waals surface area contributed by atoms with Gasteiger partial charge in [0, 0.05) is 42.8 Å². The quantitative estimate of drug-likeness (QED) is 0.580. The fourth-order valence-corrected chi connectivity index (χ4v) is 2.94. The Labute approximate surface area is 137 Å². The number of hydrogen-bond acceptors (Lipinski definition) is 5. The number of aromatic nitrogens is 3. The van der Waals surface area contributed by atoms with Gasteiger partial charge in [0.2, 0.25) is 5.89 Å². The first-order valence-corrected chi connectivity index (χ1v) is 7.60. The van der Waals surface area contributed by atoms with Crippen molar-refractivity contribution in [2.45, 2.75) is 12.5 Å². The van der Waals surface area contributed by atoms with Crippen LogP contribution >= 0.6 is 11.6 Å². The molecule has 7 heteroatoms. The number of para-hydroxylation sites is 1. The molecule has 1 aliphatic heterocycles. The minimum absolute atomic E-state index is 0.422. The molecule has 0 fully saturated rings. The van der Waals surface area contributed by atoms with Gasteiger partial charge in [0.15, 0.2) is 5.62 Å². The van der Waals surface area contributed by atoms with E-state index < -0.39 is 5.62 Å². The van der Waals surface area contributed by atoms with Crippen LogP contribution in [-0.4, -0.2) is 26.6 Å². The van der Waals surface area contributed by atoms with Crippen molar-refractivity contribution in [1.82, 2.24) is 20.1 Å². The second-order valence-electron chi connectivity index (χ2n) is 5.34. The number of rotatable bonds is 2. The SMILES string of the molecule is Cc1nnc(C2=C(c3cn(C)c4ccccc34)NC(Cl)N=C2)o1. The Bertz CT molecular complexity index is 952. The molecule has 1 aliphatic rings. The molecule has 0 bridgehead atoms. The minimum Gasteiger partial charge on any atom is -0.421 e. The molecule has 1 atom stereocenters. The highest BCUT2D eigenvalue weighted by molar-refractivity contribution is 6.26. The predicted molar refractivity (Wildman–Crippen MR) is 90.0 cm³/mol. The van der Waals surface area contributed by atoms with Crippen LogP contribution in [0.3, 0.4) is 0 Å². The smallest absolute Gasteiger partial charge is 0.251 e. The molecule has 1 N–H and O–H groups in total. The maximum atomic E-state index is 6.16. The van der Waals surface area contributed by atoms with Crippen molar-refractivity contribution >= 4 is 40.0 Å². The molecule has 0 aliphatic carbocycles. The van der Waals surface area contributed by atoms with Crippen molar-refractivity contribution < 1.29 is 4.42 Å². The van der Waals surface area contributed by atoms with Crippen LogP contribution in [0.4, 0.5) is 0 Å². The minimum atomic E-state index is -0.531. The summed E-state index contributed by atoms with van der Waals surface area (Å²) < 4.78 is 7.64. The summed E-state index contributed by atoms with van der Waals surface area (Å²) in [7, 11) is 2.01. The van der Waals surface area contributed by atoms with Gasteiger partial charge in [-0.25, -0.2) is 0 Å². The van der Waals surface area contributed by atoms with Crippen LogP contribution in [0.5, 0.6) is 0 Å². The summed E-state index contributed by atoms with van der Waals surface area (Å²) in [6, 6.07) is 8.18. The number of halogens is 1. The van der Waals surface area contributed by atoms with E-state index in [1.165, 1.54) is 0 Å². The molecule has 6 nitrogen and oxygen atoms in total. The number of fused-ring (bicyclic) bond motifs is 1. The number of hydrogen-bond donors (Lipinski definition) is 1. The molecule has 0 amide bonds. The summed E-state index contributed by atoms with van der Waals surface area (Å²) in [5.74, 6) is 0.927. The second kappa shape index (κ2) is 5.24. The number of benzene rings is 1. The predicted octanol–water partition coefficient (Wildman–Crippen LogP) is 2.93. The number of allylic oxidation sites excluding steroid dienone is 1. The maximum Gasteiger partial charge on any atom is 0.251 e. The lowest BCUT2D eigenvalue weighted by molar-refractivity contribution is 0.507. The first-order valence-electron chi connectivity index (χ1n) is 7.16. The summed E-state index contributed by atoms with van der Waals surface area (Å²) in [4.78, 5) is 4.20. The topological polar surface area (TPSA) is 68.2 Å². The lowest BCUT2D eigenvalue weighted by atomic mass is 10.0. The molecule has 116 valence electrons. The Morgan fingerprint density at radius 2 is 2.09 bits per heavy atom. The highest BCUT2D eigenvalue weighted by Crippen LogP contribution is 2.32. The Kier molecular flexibility index (Phi) is 3.20. The van der Waals surface area contributed by atoms with Crippen LogP contribution in [0.1, 0.15) is 17.3 Å². The van der Waals surface area contributed by atoms with Gasteiger partial charge in [-0.05, 0) is 6.07 Å². The van der Waals surface area contributed by atoms with Crippen molar-refractivity contribution in [2.24, 2.45) is 12.0 Å². The molecular formula is C16H14ClN5O. The van der Waals surface area contributed by atoms with Crippen LogP contribution in [0, 0.1) is 6.92 Å². The van der Waals surface area contributed by atoms with Gasteiger partial charge in [0.25, 0.3) is 5.89 Å². The average Bonchev–Trinajstić information content (AvgIpc) is 3.12. The zero-order valence-corrected chi connectivity index (χ0v) is 13.4. The zero-order chi connectivity index (χ0) is 16.0. The highest BCUT2D eigenvalue weighted by Gasteiger charge is 2.23. The highest BCUT2D eigenvalue weighted by atomic mass is 35.5. The molecule has 0 radical (unpaired) electrons. The van der Waals surface area contributed by atoms with Gasteiger partial charge in [0.05, 0.1) is 11.3 Å². The van der Waals surface area contributed by atoms with E-state index in [0.29, 0.717) is 11.8 Å². The van der Waals surface area contributed by atoms with E-state index in [0.717, 1.165) is 27.7 Å². The monoisotopic (exact) mass is 327 g/mol. The first-order chi connectivity index (χ1) is 11.1. The average molecular weight is 328 g/mol. The van der Waals surface area contributed by atoms with Crippen molar-refractivity contribution in [3.8, 4) is 0 Å². The van der Waals surface area contributed by atoms with Gasteiger partial charge in [0.1, 0.15) is 0 Å². The molecular weight excluding hydrogens is 314 g/mol. The fraction of sp³-hybridized carbons (Fsp3) is 0.188.